The van der Waals surface area contributed by atoms with E-state index in [4.69, 9.17) is 0 Å². The fraction of sp³-hybridized carbons (Fsp3) is 0.367. The molecule has 1 saturated heterocycles. The van der Waals surface area contributed by atoms with E-state index in [1.165, 1.54) is 31.3 Å². The van der Waals surface area contributed by atoms with E-state index in [-0.39, 0.29) is 37.2 Å². The largest absolute Gasteiger partial charge is 0.392 e. The molecule has 1 fully saturated rings. The molecule has 39 heavy (non-hydrogen) atoms. The molecule has 0 radical (unpaired) electrons. The van der Waals surface area contributed by atoms with Gasteiger partial charge in [0.15, 0.2) is 0 Å². The molecule has 3 aromatic carbocycles. The number of sulfonamides is 1. The Labute approximate surface area is 228 Å². The second-order valence-corrected chi connectivity index (χ2v) is 12.6. The standard InChI is InChI=1S/C30H34F2N2O4S/c1-21(22-4-6-23(7-5-22)24-8-12-26(31)13-9-24)34-17-16-30(19-29(34)36,25-10-14-27(32)15-11-25)18-28(35)20-33(2)39(3,37)38/h4-15,21,28,35H,16-20H2,1-3H3/t21-,28-,30+/m1/s1. The molecule has 0 unspecified atom stereocenters. The van der Waals surface area contributed by atoms with Crippen LogP contribution >= 0.6 is 0 Å². The molecule has 9 heteroatoms. The molecule has 1 aliphatic rings. The van der Waals surface area contributed by atoms with E-state index in [9.17, 15) is 27.1 Å². The highest BCUT2D eigenvalue weighted by Gasteiger charge is 2.43. The van der Waals surface area contributed by atoms with Gasteiger partial charge in [-0.05, 0) is 66.3 Å². The van der Waals surface area contributed by atoms with Gasteiger partial charge in [0, 0.05) is 32.0 Å². The van der Waals surface area contributed by atoms with Gasteiger partial charge in [0.1, 0.15) is 11.6 Å². The maximum atomic E-state index is 13.7. The molecule has 3 atom stereocenters. The van der Waals surface area contributed by atoms with Gasteiger partial charge >= 0.3 is 0 Å². The van der Waals surface area contributed by atoms with E-state index < -0.39 is 27.4 Å². The number of amides is 1. The van der Waals surface area contributed by atoms with Crippen LogP contribution in [-0.4, -0.2) is 61.1 Å². The Morgan fingerprint density at radius 1 is 0.949 bits per heavy atom. The number of aliphatic hydroxyl groups is 1. The Hall–Kier alpha value is -3.14. The number of likely N-dealkylation sites (N-methyl/N-ethyl adjacent to an activating group) is 1. The number of benzene rings is 3. The molecule has 208 valence electrons. The molecule has 1 N–H and O–H groups in total. The van der Waals surface area contributed by atoms with E-state index >= 15 is 0 Å². The summed E-state index contributed by atoms with van der Waals surface area (Å²) in [4.78, 5) is 15.4. The van der Waals surface area contributed by atoms with Crippen molar-refractivity contribution in [2.75, 3.05) is 26.4 Å². The third-order valence-corrected chi connectivity index (χ3v) is 9.08. The van der Waals surface area contributed by atoms with Crippen LogP contribution in [0.2, 0.25) is 0 Å². The lowest BCUT2D eigenvalue weighted by molar-refractivity contribution is -0.139. The number of likely N-dealkylation sites (tertiary alicyclic amines) is 1. The Bertz CT molecular complexity index is 1400. The second-order valence-electron chi connectivity index (χ2n) is 10.5. The zero-order valence-electron chi connectivity index (χ0n) is 22.3. The van der Waals surface area contributed by atoms with Crippen molar-refractivity contribution in [3.63, 3.8) is 0 Å². The molecule has 1 aliphatic heterocycles. The van der Waals surface area contributed by atoms with Gasteiger partial charge in [-0.3, -0.25) is 4.79 Å². The van der Waals surface area contributed by atoms with Gasteiger partial charge in [0.2, 0.25) is 15.9 Å². The van der Waals surface area contributed by atoms with Crippen LogP contribution in [0.3, 0.4) is 0 Å². The van der Waals surface area contributed by atoms with Crippen LogP contribution in [0.1, 0.15) is 43.4 Å². The first-order valence-corrected chi connectivity index (χ1v) is 14.7. The summed E-state index contributed by atoms with van der Waals surface area (Å²) in [6.07, 6.45) is 0.868. The number of aliphatic hydroxyl groups excluding tert-OH is 1. The van der Waals surface area contributed by atoms with Gasteiger partial charge in [-0.1, -0.05) is 48.5 Å². The van der Waals surface area contributed by atoms with Crippen molar-refractivity contribution in [2.45, 2.75) is 43.7 Å². The summed E-state index contributed by atoms with van der Waals surface area (Å²) in [6.45, 7) is 2.29. The predicted molar refractivity (Wildman–Crippen MR) is 147 cm³/mol. The number of nitrogens with zero attached hydrogens (tertiary/aromatic N) is 2. The molecule has 1 amide bonds. The highest BCUT2D eigenvalue weighted by molar-refractivity contribution is 7.88. The van der Waals surface area contributed by atoms with E-state index in [1.807, 2.05) is 36.1 Å². The van der Waals surface area contributed by atoms with Crippen molar-refractivity contribution in [1.82, 2.24) is 9.21 Å². The van der Waals surface area contributed by atoms with Crippen molar-refractivity contribution in [3.8, 4) is 11.1 Å². The number of piperidine rings is 1. The van der Waals surface area contributed by atoms with Crippen molar-refractivity contribution in [1.29, 1.82) is 0 Å². The minimum Gasteiger partial charge on any atom is -0.392 e. The second kappa shape index (κ2) is 11.5. The Balaban J connectivity index is 1.53. The van der Waals surface area contributed by atoms with Crippen molar-refractivity contribution in [2.24, 2.45) is 0 Å². The molecule has 1 heterocycles. The minimum absolute atomic E-state index is 0.0932. The van der Waals surface area contributed by atoms with Crippen LogP contribution in [0.5, 0.6) is 0 Å². The van der Waals surface area contributed by atoms with E-state index in [2.05, 4.69) is 0 Å². The highest BCUT2D eigenvalue weighted by Crippen LogP contribution is 2.42. The SMILES string of the molecule is C[C@H](c1ccc(-c2ccc(F)cc2)cc1)N1CC[C@@](C[C@@H](O)CN(C)S(C)(=O)=O)(c2ccc(F)cc2)CC1=O. The van der Waals surface area contributed by atoms with Gasteiger partial charge in [-0.2, -0.15) is 0 Å². The average molecular weight is 557 g/mol. The number of rotatable bonds is 9. The maximum absolute atomic E-state index is 13.7. The minimum atomic E-state index is -3.48. The van der Waals surface area contributed by atoms with Crippen LogP contribution in [0.4, 0.5) is 8.78 Å². The molecular weight excluding hydrogens is 522 g/mol. The highest BCUT2D eigenvalue weighted by atomic mass is 32.2. The molecule has 6 nitrogen and oxygen atoms in total. The van der Waals surface area contributed by atoms with Crippen LogP contribution in [0.15, 0.2) is 72.8 Å². The summed E-state index contributed by atoms with van der Waals surface area (Å²) in [5.41, 5.74) is 2.78. The first-order valence-electron chi connectivity index (χ1n) is 12.9. The van der Waals surface area contributed by atoms with Crippen molar-refractivity contribution in [3.05, 3.63) is 95.6 Å². The fourth-order valence-electron chi connectivity index (χ4n) is 5.41. The molecule has 0 spiro atoms. The summed E-state index contributed by atoms with van der Waals surface area (Å²) in [7, 11) is -2.08. The number of carbonyl (C=O) groups is 1. The fourth-order valence-corrected chi connectivity index (χ4v) is 5.86. The number of hydrogen-bond donors (Lipinski definition) is 1. The molecule has 4 rings (SSSR count). The average Bonchev–Trinajstić information content (AvgIpc) is 2.88. The first kappa shape index (κ1) is 28.9. The molecule has 0 aromatic heterocycles. The smallest absolute Gasteiger partial charge is 0.223 e. The lowest BCUT2D eigenvalue weighted by atomic mass is 9.68. The van der Waals surface area contributed by atoms with Gasteiger partial charge in [0.05, 0.1) is 18.4 Å². The van der Waals surface area contributed by atoms with E-state index in [1.54, 1.807) is 24.3 Å². The van der Waals surface area contributed by atoms with Crippen LogP contribution in [0.25, 0.3) is 11.1 Å². The quantitative estimate of drug-likeness (QED) is 0.407. The van der Waals surface area contributed by atoms with E-state index in [0.29, 0.717) is 13.0 Å². The normalized spacial score (nSPS) is 19.8. The molecule has 0 aliphatic carbocycles. The lowest BCUT2D eigenvalue weighted by Crippen LogP contribution is -2.49. The van der Waals surface area contributed by atoms with E-state index in [0.717, 1.165) is 32.8 Å². The van der Waals surface area contributed by atoms with Crippen molar-refractivity contribution >= 4 is 15.9 Å². The third kappa shape index (κ3) is 6.72. The Kier molecular flexibility index (Phi) is 8.54. The number of carbonyl (C=O) groups excluding carboxylic acids is 1. The lowest BCUT2D eigenvalue weighted by Gasteiger charge is -2.45. The summed E-state index contributed by atoms with van der Waals surface area (Å²) < 4.78 is 51.8. The van der Waals surface area contributed by atoms with Crippen LogP contribution < -0.4 is 0 Å². The van der Waals surface area contributed by atoms with Gasteiger partial charge in [-0.25, -0.2) is 21.5 Å². The number of halogens is 2. The Morgan fingerprint density at radius 2 is 1.46 bits per heavy atom. The van der Waals surface area contributed by atoms with Gasteiger partial charge in [0.25, 0.3) is 0 Å². The summed E-state index contributed by atoms with van der Waals surface area (Å²) in [5.74, 6) is -0.781. The van der Waals surface area contributed by atoms with Crippen LogP contribution in [-0.2, 0) is 20.2 Å². The summed E-state index contributed by atoms with van der Waals surface area (Å²) in [6, 6.07) is 19.9. The molecule has 0 saturated carbocycles. The van der Waals surface area contributed by atoms with Gasteiger partial charge in [-0.15, -0.1) is 0 Å². The summed E-state index contributed by atoms with van der Waals surface area (Å²) in [5, 5.41) is 10.9. The summed E-state index contributed by atoms with van der Waals surface area (Å²) >= 11 is 0. The topological polar surface area (TPSA) is 77.9 Å². The molecule has 3 aromatic rings. The monoisotopic (exact) mass is 556 g/mol. The number of hydrogen-bond acceptors (Lipinski definition) is 4. The maximum Gasteiger partial charge on any atom is 0.223 e. The predicted octanol–water partition coefficient (Wildman–Crippen LogP) is 4.90. The molecular formula is C30H34F2N2O4S. The molecule has 0 bridgehead atoms. The zero-order valence-corrected chi connectivity index (χ0v) is 23.2. The third-order valence-electron chi connectivity index (χ3n) is 7.80. The Morgan fingerprint density at radius 3 is 1.97 bits per heavy atom. The van der Waals surface area contributed by atoms with Gasteiger partial charge < -0.3 is 10.0 Å². The van der Waals surface area contributed by atoms with Crippen molar-refractivity contribution < 1.29 is 27.1 Å². The zero-order chi connectivity index (χ0) is 28.4. The van der Waals surface area contributed by atoms with Crippen LogP contribution in [0, 0.1) is 11.6 Å². The first-order chi connectivity index (χ1) is 18.4.